The fraction of sp³-hybridized carbons (Fsp3) is 0.400. The van der Waals surface area contributed by atoms with Crippen LogP contribution in [-0.2, 0) is 0 Å². The summed E-state index contributed by atoms with van der Waals surface area (Å²) in [5.74, 6) is -0.198. The van der Waals surface area contributed by atoms with Gasteiger partial charge in [0.1, 0.15) is 0 Å². The summed E-state index contributed by atoms with van der Waals surface area (Å²) in [6.45, 7) is 7.76. The third kappa shape index (κ3) is 6.33. The molecular formula is C15H24FN3O. The van der Waals surface area contributed by atoms with E-state index in [1.165, 1.54) is 13.2 Å². The number of hydrogen-bond acceptors (Lipinski definition) is 4. The summed E-state index contributed by atoms with van der Waals surface area (Å²) in [6, 6.07) is 4.61. The molecule has 1 rings (SSSR count). The maximum absolute atomic E-state index is 13.5. The van der Waals surface area contributed by atoms with E-state index in [0.29, 0.717) is 5.69 Å². The normalized spacial score (nSPS) is 11.6. The van der Waals surface area contributed by atoms with Gasteiger partial charge in [-0.1, -0.05) is 13.8 Å². The van der Waals surface area contributed by atoms with Gasteiger partial charge in [0.15, 0.2) is 11.6 Å². The van der Waals surface area contributed by atoms with Crippen LogP contribution in [0.2, 0.25) is 0 Å². The molecule has 1 aromatic carbocycles. The molecule has 0 fully saturated rings. The van der Waals surface area contributed by atoms with Gasteiger partial charge in [-0.05, 0) is 32.1 Å². The topological polar surface area (TPSA) is 45.7 Å². The average Bonchev–Trinajstić information content (AvgIpc) is 2.41. The van der Waals surface area contributed by atoms with Crippen LogP contribution in [0.4, 0.5) is 10.1 Å². The van der Waals surface area contributed by atoms with Crippen molar-refractivity contribution >= 4 is 11.4 Å². The lowest BCUT2D eigenvalue weighted by molar-refractivity contribution is 0.386. The Hall–Kier alpha value is -1.88. The second-order valence-electron chi connectivity index (χ2n) is 3.77. The van der Waals surface area contributed by atoms with Gasteiger partial charge in [-0.25, -0.2) is 9.82 Å². The van der Waals surface area contributed by atoms with Crippen molar-refractivity contribution in [2.24, 2.45) is 4.99 Å². The van der Waals surface area contributed by atoms with Crippen molar-refractivity contribution in [1.82, 2.24) is 10.9 Å². The second kappa shape index (κ2) is 9.97. The minimum Gasteiger partial charge on any atom is -0.494 e. The highest BCUT2D eigenvalue weighted by atomic mass is 19.1. The molecule has 0 bridgehead atoms. The number of hydrogen-bond donors (Lipinski definition) is 2. The van der Waals surface area contributed by atoms with Crippen LogP contribution in [0.5, 0.6) is 5.75 Å². The SMILES string of the molecule is CC.CNN/C(C)=C\C(C)=Nc1ccc(OC)c(F)c1. The molecule has 20 heavy (non-hydrogen) atoms. The lowest BCUT2D eigenvalue weighted by atomic mass is 10.2. The van der Waals surface area contributed by atoms with Gasteiger partial charge in [0, 0.05) is 24.5 Å². The molecule has 0 radical (unpaired) electrons. The Labute approximate surface area is 120 Å². The molecule has 0 saturated heterocycles. The van der Waals surface area contributed by atoms with Crippen LogP contribution < -0.4 is 15.6 Å². The fourth-order valence-electron chi connectivity index (χ4n) is 1.51. The van der Waals surface area contributed by atoms with Gasteiger partial charge in [0.25, 0.3) is 0 Å². The van der Waals surface area contributed by atoms with Crippen LogP contribution in [0, 0.1) is 5.82 Å². The molecule has 0 aromatic heterocycles. The molecule has 1 aromatic rings. The minimum atomic E-state index is -0.416. The van der Waals surface area contributed by atoms with E-state index in [1.54, 1.807) is 19.2 Å². The van der Waals surface area contributed by atoms with E-state index in [4.69, 9.17) is 4.74 Å². The number of halogens is 1. The molecule has 4 nitrogen and oxygen atoms in total. The highest BCUT2D eigenvalue weighted by molar-refractivity contribution is 5.95. The standard InChI is InChI=1S/C13H18FN3O.C2H6/c1-9(7-10(2)17-15-3)16-11-5-6-13(18-4)12(14)8-11;1-2/h5-8,15,17H,1-4H3;1-2H3/b10-7-,16-9?;. The Balaban J connectivity index is 0.00000172. The van der Waals surface area contributed by atoms with E-state index in [-0.39, 0.29) is 5.75 Å². The summed E-state index contributed by atoms with van der Waals surface area (Å²) in [6.07, 6.45) is 1.86. The maximum Gasteiger partial charge on any atom is 0.167 e. The Morgan fingerprint density at radius 2 is 1.95 bits per heavy atom. The van der Waals surface area contributed by atoms with Crippen molar-refractivity contribution in [3.05, 3.63) is 35.8 Å². The van der Waals surface area contributed by atoms with Gasteiger partial charge < -0.3 is 10.2 Å². The summed E-state index contributed by atoms with van der Waals surface area (Å²) in [5, 5.41) is 0. The number of hydrazine groups is 1. The number of aliphatic imine (C=N–C) groups is 1. The number of benzene rings is 1. The van der Waals surface area contributed by atoms with Crippen LogP contribution in [-0.4, -0.2) is 19.9 Å². The smallest absolute Gasteiger partial charge is 0.167 e. The first-order valence-electron chi connectivity index (χ1n) is 6.56. The van der Waals surface area contributed by atoms with Crippen LogP contribution in [0.25, 0.3) is 0 Å². The van der Waals surface area contributed by atoms with Crippen LogP contribution in [0.3, 0.4) is 0 Å². The number of methoxy groups -OCH3 is 1. The van der Waals surface area contributed by atoms with Crippen molar-refractivity contribution in [1.29, 1.82) is 0 Å². The lowest BCUT2D eigenvalue weighted by Crippen LogP contribution is -2.25. The molecule has 2 N–H and O–H groups in total. The van der Waals surface area contributed by atoms with Crippen molar-refractivity contribution in [3.63, 3.8) is 0 Å². The predicted octanol–water partition coefficient (Wildman–Crippen LogP) is 3.58. The van der Waals surface area contributed by atoms with Gasteiger partial charge >= 0.3 is 0 Å². The number of nitrogens with one attached hydrogen (secondary N) is 2. The van der Waals surface area contributed by atoms with E-state index in [9.17, 15) is 4.39 Å². The molecule has 0 atom stereocenters. The van der Waals surface area contributed by atoms with Crippen LogP contribution in [0.1, 0.15) is 27.7 Å². The number of nitrogens with zero attached hydrogens (tertiary/aromatic N) is 1. The van der Waals surface area contributed by atoms with Crippen molar-refractivity contribution < 1.29 is 9.13 Å². The van der Waals surface area contributed by atoms with Crippen molar-refractivity contribution in [2.75, 3.05) is 14.2 Å². The van der Waals surface area contributed by atoms with Gasteiger partial charge in [-0.3, -0.25) is 4.99 Å². The molecule has 0 unspecified atom stereocenters. The average molecular weight is 281 g/mol. The molecule has 5 heteroatoms. The molecule has 0 heterocycles. The fourth-order valence-corrected chi connectivity index (χ4v) is 1.51. The highest BCUT2D eigenvalue weighted by Crippen LogP contribution is 2.22. The maximum atomic E-state index is 13.5. The first-order chi connectivity index (χ1) is 9.56. The largest absolute Gasteiger partial charge is 0.494 e. The molecule has 0 aliphatic carbocycles. The zero-order valence-corrected chi connectivity index (χ0v) is 13.0. The van der Waals surface area contributed by atoms with E-state index in [0.717, 1.165) is 11.4 Å². The third-order valence-corrected chi connectivity index (χ3v) is 2.19. The Kier molecular flexibility index (Phi) is 9.04. The third-order valence-electron chi connectivity index (χ3n) is 2.19. The lowest BCUT2D eigenvalue weighted by Gasteiger charge is -2.04. The summed E-state index contributed by atoms with van der Waals surface area (Å²) in [5.41, 5.74) is 8.00. The Morgan fingerprint density at radius 1 is 1.30 bits per heavy atom. The minimum absolute atomic E-state index is 0.218. The van der Waals surface area contributed by atoms with Gasteiger partial charge in [-0.2, -0.15) is 0 Å². The number of allylic oxidation sites excluding steroid dienone is 2. The monoisotopic (exact) mass is 281 g/mol. The zero-order chi connectivity index (χ0) is 15.5. The molecule has 0 saturated carbocycles. The van der Waals surface area contributed by atoms with E-state index < -0.39 is 5.82 Å². The quantitative estimate of drug-likeness (QED) is 0.640. The van der Waals surface area contributed by atoms with Gasteiger partial charge in [-0.15, -0.1) is 0 Å². The van der Waals surface area contributed by atoms with E-state index >= 15 is 0 Å². The molecule has 112 valence electrons. The molecule has 0 aliphatic rings. The summed E-state index contributed by atoms with van der Waals surface area (Å²) in [4.78, 5) is 4.29. The summed E-state index contributed by atoms with van der Waals surface area (Å²) < 4.78 is 18.3. The zero-order valence-electron chi connectivity index (χ0n) is 13.0. The number of rotatable bonds is 5. The first-order valence-corrected chi connectivity index (χ1v) is 6.56. The highest BCUT2D eigenvalue weighted by Gasteiger charge is 2.02. The van der Waals surface area contributed by atoms with Crippen molar-refractivity contribution in [2.45, 2.75) is 27.7 Å². The Bertz CT molecular complexity index is 470. The van der Waals surface area contributed by atoms with Crippen LogP contribution >= 0.6 is 0 Å². The molecule has 0 spiro atoms. The molecule has 0 aliphatic heterocycles. The van der Waals surface area contributed by atoms with Gasteiger partial charge in [0.05, 0.1) is 12.8 Å². The van der Waals surface area contributed by atoms with Crippen molar-refractivity contribution in [3.8, 4) is 5.75 Å². The second-order valence-corrected chi connectivity index (χ2v) is 3.77. The van der Waals surface area contributed by atoms with E-state index in [1.807, 2.05) is 33.8 Å². The molecular weight excluding hydrogens is 257 g/mol. The first kappa shape index (κ1) is 18.1. The van der Waals surface area contributed by atoms with Crippen LogP contribution in [0.15, 0.2) is 35.0 Å². The predicted molar refractivity (Wildman–Crippen MR) is 83.0 cm³/mol. The molecule has 0 amide bonds. The van der Waals surface area contributed by atoms with E-state index in [2.05, 4.69) is 15.8 Å². The number of ether oxygens (including phenoxy) is 1. The summed E-state index contributed by atoms with van der Waals surface area (Å²) >= 11 is 0. The van der Waals surface area contributed by atoms with Gasteiger partial charge in [0.2, 0.25) is 0 Å². The summed E-state index contributed by atoms with van der Waals surface area (Å²) in [7, 11) is 3.21. The Morgan fingerprint density at radius 3 is 2.45 bits per heavy atom.